The molecule has 0 N–H and O–H groups in total. The minimum atomic E-state index is -0.335. The quantitative estimate of drug-likeness (QED) is 0.495. The first-order valence-electron chi connectivity index (χ1n) is 6.69. The summed E-state index contributed by atoms with van der Waals surface area (Å²) in [6.07, 6.45) is 2.71. The van der Waals surface area contributed by atoms with Crippen molar-refractivity contribution >= 4 is 11.8 Å². The third kappa shape index (κ3) is 1.33. The summed E-state index contributed by atoms with van der Waals surface area (Å²) in [5.41, 5.74) is -0.335. The molecule has 0 aliphatic carbocycles. The van der Waals surface area contributed by atoms with Gasteiger partial charge in [0.1, 0.15) is 5.41 Å². The van der Waals surface area contributed by atoms with E-state index >= 15 is 0 Å². The van der Waals surface area contributed by atoms with Crippen LogP contribution in [0.15, 0.2) is 0 Å². The Morgan fingerprint density at radius 3 is 2.47 bits per heavy atom. The van der Waals surface area contributed by atoms with Crippen molar-refractivity contribution in [1.29, 1.82) is 0 Å². The van der Waals surface area contributed by atoms with Crippen molar-refractivity contribution in [2.75, 3.05) is 33.2 Å². The highest BCUT2D eigenvalue weighted by atomic mass is 16.2. The van der Waals surface area contributed by atoms with E-state index in [1.165, 1.54) is 18.0 Å². The minimum Gasteiger partial charge on any atom is -0.325 e. The summed E-state index contributed by atoms with van der Waals surface area (Å²) >= 11 is 0. The molecule has 4 fully saturated rings. The van der Waals surface area contributed by atoms with E-state index in [0.29, 0.717) is 18.9 Å². The topological polar surface area (TPSA) is 37.4 Å². The normalized spacial score (nSPS) is 45.1. The summed E-state index contributed by atoms with van der Waals surface area (Å²) in [6.45, 7) is 5.68. The lowest BCUT2D eigenvalue weighted by atomic mass is 9.64. The predicted octanol–water partition coefficient (Wildman–Crippen LogP) is 0.622. The first-order chi connectivity index (χ1) is 8.01. The van der Waals surface area contributed by atoms with Crippen LogP contribution < -0.4 is 0 Å². The summed E-state index contributed by atoms with van der Waals surface area (Å²) in [5.74, 6) is 0.632. The zero-order chi connectivity index (χ0) is 12.3. The van der Waals surface area contributed by atoms with Crippen molar-refractivity contribution in [2.24, 2.45) is 11.3 Å². The highest BCUT2D eigenvalue weighted by Crippen LogP contribution is 2.51. The van der Waals surface area contributed by atoms with Gasteiger partial charge in [0.2, 0.25) is 11.8 Å². The molecule has 0 aromatic heterocycles. The fourth-order valence-electron chi connectivity index (χ4n) is 4.30. The average Bonchev–Trinajstić information content (AvgIpc) is 2.50. The number of amides is 2. The molecular weight excluding hydrogens is 216 g/mol. The van der Waals surface area contributed by atoms with Crippen LogP contribution in [0.5, 0.6) is 0 Å². The molecule has 94 valence electrons. The van der Waals surface area contributed by atoms with Gasteiger partial charge < -0.3 is 4.48 Å². The number of carbonyl (C=O) groups is 2. The lowest BCUT2D eigenvalue weighted by Crippen LogP contribution is -2.65. The smallest absolute Gasteiger partial charge is 0.241 e. The van der Waals surface area contributed by atoms with Gasteiger partial charge in [0, 0.05) is 25.8 Å². The number of likely N-dealkylation sites (tertiary alicyclic amines) is 1. The Hall–Kier alpha value is -0.900. The van der Waals surface area contributed by atoms with Crippen LogP contribution >= 0.6 is 0 Å². The van der Waals surface area contributed by atoms with E-state index in [0.717, 1.165) is 23.9 Å². The molecule has 0 saturated carbocycles. The summed E-state index contributed by atoms with van der Waals surface area (Å²) in [5, 5.41) is 0. The summed E-state index contributed by atoms with van der Waals surface area (Å²) in [6, 6.07) is 0. The summed E-state index contributed by atoms with van der Waals surface area (Å²) in [7, 11) is 2.24. The molecule has 4 heteroatoms. The van der Waals surface area contributed by atoms with E-state index in [-0.39, 0.29) is 17.2 Å². The maximum absolute atomic E-state index is 12.6. The van der Waals surface area contributed by atoms with Gasteiger partial charge in [-0.3, -0.25) is 14.5 Å². The zero-order valence-electron chi connectivity index (χ0n) is 10.7. The maximum Gasteiger partial charge on any atom is 0.241 e. The Balaban J connectivity index is 1.98. The molecule has 2 bridgehead atoms. The van der Waals surface area contributed by atoms with Crippen LogP contribution in [0.2, 0.25) is 0 Å². The Morgan fingerprint density at radius 1 is 1.35 bits per heavy atom. The number of piperidine rings is 3. The van der Waals surface area contributed by atoms with Gasteiger partial charge in [-0.2, -0.15) is 0 Å². The molecule has 0 aromatic rings. The molecule has 1 unspecified atom stereocenters. The second-order valence-electron chi connectivity index (χ2n) is 6.28. The molecule has 0 radical (unpaired) electrons. The molecule has 4 aliphatic rings. The molecule has 0 aromatic carbocycles. The zero-order valence-corrected chi connectivity index (χ0v) is 10.7. The van der Waals surface area contributed by atoms with Crippen molar-refractivity contribution in [3.8, 4) is 0 Å². The summed E-state index contributed by atoms with van der Waals surface area (Å²) < 4.78 is 0.993. The lowest BCUT2D eigenvalue weighted by molar-refractivity contribution is -0.931. The van der Waals surface area contributed by atoms with Gasteiger partial charge in [0.15, 0.2) is 0 Å². The van der Waals surface area contributed by atoms with E-state index in [9.17, 15) is 9.59 Å². The lowest BCUT2D eigenvalue weighted by Gasteiger charge is -2.54. The Kier molecular flexibility index (Phi) is 2.18. The molecule has 1 spiro atoms. The molecule has 4 nitrogen and oxygen atoms in total. The number of carbonyl (C=O) groups excluding carboxylic acids is 2. The summed E-state index contributed by atoms with van der Waals surface area (Å²) in [4.78, 5) is 26.0. The first kappa shape index (κ1) is 11.2. The highest BCUT2D eigenvalue weighted by Gasteiger charge is 2.63. The van der Waals surface area contributed by atoms with Gasteiger partial charge in [0.25, 0.3) is 0 Å². The van der Waals surface area contributed by atoms with E-state index in [1.54, 1.807) is 0 Å². The van der Waals surface area contributed by atoms with Crippen molar-refractivity contribution in [3.63, 3.8) is 0 Å². The van der Waals surface area contributed by atoms with Crippen molar-refractivity contribution < 1.29 is 14.1 Å². The number of imide groups is 1. The Bertz CT molecular complexity index is 385. The van der Waals surface area contributed by atoms with Crippen LogP contribution in [0.25, 0.3) is 0 Å². The Labute approximate surface area is 102 Å². The molecule has 1 atom stereocenters. The van der Waals surface area contributed by atoms with E-state index in [2.05, 4.69) is 7.05 Å². The van der Waals surface area contributed by atoms with Crippen LogP contribution in [0, 0.1) is 11.3 Å². The van der Waals surface area contributed by atoms with Crippen LogP contribution in [-0.2, 0) is 9.59 Å². The number of hydrogen-bond donors (Lipinski definition) is 0. The molecule has 4 heterocycles. The molecule has 17 heavy (non-hydrogen) atoms. The largest absolute Gasteiger partial charge is 0.325 e. The maximum atomic E-state index is 12.6. The second-order valence-corrected chi connectivity index (χ2v) is 6.28. The van der Waals surface area contributed by atoms with Gasteiger partial charge in [-0.25, -0.2) is 0 Å². The van der Waals surface area contributed by atoms with Crippen LogP contribution in [-0.4, -0.2) is 54.4 Å². The third-order valence-electron chi connectivity index (χ3n) is 5.24. The average molecular weight is 237 g/mol. The molecule has 4 saturated heterocycles. The van der Waals surface area contributed by atoms with Crippen molar-refractivity contribution in [2.45, 2.75) is 26.2 Å². The minimum absolute atomic E-state index is 0.0536. The van der Waals surface area contributed by atoms with Gasteiger partial charge in [-0.15, -0.1) is 0 Å². The van der Waals surface area contributed by atoms with E-state index in [1.807, 2.05) is 6.92 Å². The van der Waals surface area contributed by atoms with Crippen LogP contribution in [0.4, 0.5) is 0 Å². The van der Waals surface area contributed by atoms with E-state index < -0.39 is 0 Å². The van der Waals surface area contributed by atoms with Crippen LogP contribution in [0.3, 0.4) is 0 Å². The second kappa shape index (κ2) is 3.31. The molecule has 4 aliphatic heterocycles. The monoisotopic (exact) mass is 237 g/mol. The molecular formula is C13H21N2O2+. The number of quaternary nitrogens is 1. The number of hydrogen-bond acceptors (Lipinski definition) is 2. The van der Waals surface area contributed by atoms with Gasteiger partial charge in [-0.1, -0.05) is 0 Å². The fraction of sp³-hybridized carbons (Fsp3) is 0.846. The first-order valence-corrected chi connectivity index (χ1v) is 6.69. The van der Waals surface area contributed by atoms with Gasteiger partial charge >= 0.3 is 0 Å². The predicted molar refractivity (Wildman–Crippen MR) is 63.0 cm³/mol. The highest BCUT2D eigenvalue weighted by molar-refractivity contribution is 6.06. The van der Waals surface area contributed by atoms with Gasteiger partial charge in [0.05, 0.1) is 26.7 Å². The third-order valence-corrected chi connectivity index (χ3v) is 5.24. The Morgan fingerprint density at radius 2 is 2.00 bits per heavy atom. The van der Waals surface area contributed by atoms with Crippen molar-refractivity contribution in [3.05, 3.63) is 0 Å². The van der Waals surface area contributed by atoms with Gasteiger partial charge in [-0.05, 0) is 12.8 Å². The van der Waals surface area contributed by atoms with Crippen molar-refractivity contribution in [1.82, 2.24) is 4.90 Å². The fourth-order valence-corrected chi connectivity index (χ4v) is 4.30. The van der Waals surface area contributed by atoms with Crippen LogP contribution in [0.1, 0.15) is 26.2 Å². The number of rotatable bonds is 1. The van der Waals surface area contributed by atoms with E-state index in [4.69, 9.17) is 0 Å². The molecule has 4 rings (SSSR count). The standard InChI is InChI=1S/C13H21N2O2/c1-3-14-11(16)8-13(12(14)17)9-15(2)6-4-10(13)5-7-15/h10H,3-9H2,1-2H3/q+1. The molecule has 2 amide bonds. The SMILES string of the molecule is CCN1C(=O)CC2(C[N+]3(C)CCC2CC3)C1=O. The number of nitrogens with zero attached hydrogens (tertiary/aromatic N) is 2. The number of fused-ring (bicyclic) bond motifs is 2.